The lowest BCUT2D eigenvalue weighted by Gasteiger charge is -2.04. The standard InChI is InChI=1S/C16H17O/c1-13-3-5-14(6-4-13)7-8-15-9-11-16(17-2)12-10-15/h3-6,8-12H,7H2,1-2H3. The Morgan fingerprint density at radius 1 is 0.941 bits per heavy atom. The van der Waals surface area contributed by atoms with Gasteiger partial charge in [0.1, 0.15) is 5.75 Å². The van der Waals surface area contributed by atoms with Gasteiger partial charge in [-0.05, 0) is 43.0 Å². The predicted octanol–water partition coefficient (Wildman–Crippen LogP) is 3.80. The Hall–Kier alpha value is -1.76. The second kappa shape index (κ2) is 5.53. The molecule has 0 aliphatic heterocycles. The average Bonchev–Trinajstić information content (AvgIpc) is 2.39. The summed E-state index contributed by atoms with van der Waals surface area (Å²) in [7, 11) is 1.69. The molecule has 0 atom stereocenters. The third-order valence-corrected chi connectivity index (χ3v) is 2.81. The van der Waals surface area contributed by atoms with Crippen molar-refractivity contribution in [3.05, 3.63) is 71.6 Å². The predicted molar refractivity (Wildman–Crippen MR) is 71.3 cm³/mol. The SMILES string of the molecule is COc1ccc([CH]Cc2ccc(C)cc2)cc1. The molecule has 0 aliphatic rings. The van der Waals surface area contributed by atoms with Crippen molar-refractivity contribution in [2.24, 2.45) is 0 Å². The van der Waals surface area contributed by atoms with Crippen LogP contribution >= 0.6 is 0 Å². The highest BCUT2D eigenvalue weighted by Crippen LogP contribution is 2.15. The molecule has 87 valence electrons. The summed E-state index contributed by atoms with van der Waals surface area (Å²) in [5.74, 6) is 0.900. The first kappa shape index (κ1) is 11.7. The topological polar surface area (TPSA) is 9.23 Å². The van der Waals surface area contributed by atoms with Crippen molar-refractivity contribution in [1.29, 1.82) is 0 Å². The van der Waals surface area contributed by atoms with Crippen LogP contribution in [0.15, 0.2) is 48.5 Å². The Balaban J connectivity index is 1.95. The monoisotopic (exact) mass is 225 g/mol. The van der Waals surface area contributed by atoms with Gasteiger partial charge < -0.3 is 4.74 Å². The summed E-state index contributed by atoms with van der Waals surface area (Å²) in [6, 6.07) is 16.8. The molecule has 1 radical (unpaired) electrons. The van der Waals surface area contributed by atoms with Crippen LogP contribution in [-0.2, 0) is 6.42 Å². The molecule has 0 saturated carbocycles. The first-order valence-electron chi connectivity index (χ1n) is 5.81. The number of methoxy groups -OCH3 is 1. The highest BCUT2D eigenvalue weighted by atomic mass is 16.5. The van der Waals surface area contributed by atoms with Gasteiger partial charge in [0.05, 0.1) is 7.11 Å². The fourth-order valence-corrected chi connectivity index (χ4v) is 1.70. The van der Waals surface area contributed by atoms with Gasteiger partial charge in [-0.2, -0.15) is 0 Å². The Morgan fingerprint density at radius 2 is 1.59 bits per heavy atom. The molecule has 2 aromatic rings. The quantitative estimate of drug-likeness (QED) is 0.769. The molecule has 0 aromatic heterocycles. The largest absolute Gasteiger partial charge is 0.497 e. The van der Waals surface area contributed by atoms with Crippen LogP contribution in [-0.4, -0.2) is 7.11 Å². The van der Waals surface area contributed by atoms with E-state index in [4.69, 9.17) is 4.74 Å². The van der Waals surface area contributed by atoms with Crippen molar-refractivity contribution in [2.45, 2.75) is 13.3 Å². The van der Waals surface area contributed by atoms with Crippen molar-refractivity contribution >= 4 is 0 Å². The normalized spacial score (nSPS) is 10.2. The fraction of sp³-hybridized carbons (Fsp3) is 0.188. The van der Waals surface area contributed by atoms with Gasteiger partial charge >= 0.3 is 0 Å². The molecule has 0 heterocycles. The zero-order chi connectivity index (χ0) is 12.1. The second-order valence-corrected chi connectivity index (χ2v) is 4.17. The molecule has 1 heteroatoms. The maximum Gasteiger partial charge on any atom is 0.118 e. The molecular formula is C16H17O. The minimum atomic E-state index is 0.900. The van der Waals surface area contributed by atoms with E-state index in [1.54, 1.807) is 7.11 Å². The van der Waals surface area contributed by atoms with E-state index >= 15 is 0 Å². The molecule has 2 aromatic carbocycles. The summed E-state index contributed by atoms with van der Waals surface area (Å²) in [5, 5.41) is 0. The van der Waals surface area contributed by atoms with Crippen LogP contribution in [0, 0.1) is 13.3 Å². The molecule has 0 bridgehead atoms. The van der Waals surface area contributed by atoms with Crippen LogP contribution in [0.2, 0.25) is 0 Å². The van der Waals surface area contributed by atoms with Gasteiger partial charge in [0, 0.05) is 0 Å². The summed E-state index contributed by atoms with van der Waals surface area (Å²) in [6.07, 6.45) is 3.19. The molecule has 2 rings (SSSR count). The van der Waals surface area contributed by atoms with Crippen molar-refractivity contribution < 1.29 is 4.74 Å². The summed E-state index contributed by atoms with van der Waals surface area (Å²) in [5.41, 5.74) is 3.87. The van der Waals surface area contributed by atoms with Crippen molar-refractivity contribution in [3.8, 4) is 5.75 Å². The lowest BCUT2D eigenvalue weighted by atomic mass is 10.0. The van der Waals surface area contributed by atoms with Crippen LogP contribution in [0.3, 0.4) is 0 Å². The molecule has 0 spiro atoms. The number of ether oxygens (including phenoxy) is 1. The van der Waals surface area contributed by atoms with E-state index in [0.29, 0.717) is 0 Å². The number of hydrogen-bond donors (Lipinski definition) is 0. The lowest BCUT2D eigenvalue weighted by molar-refractivity contribution is 0.414. The van der Waals surface area contributed by atoms with Crippen LogP contribution < -0.4 is 4.74 Å². The van der Waals surface area contributed by atoms with E-state index in [1.807, 2.05) is 12.1 Å². The number of aryl methyl sites for hydroxylation is 1. The van der Waals surface area contributed by atoms with E-state index in [1.165, 1.54) is 16.7 Å². The maximum atomic E-state index is 5.13. The Morgan fingerprint density at radius 3 is 2.18 bits per heavy atom. The van der Waals surface area contributed by atoms with Crippen molar-refractivity contribution in [3.63, 3.8) is 0 Å². The average molecular weight is 225 g/mol. The van der Waals surface area contributed by atoms with Gasteiger partial charge in [-0.3, -0.25) is 0 Å². The van der Waals surface area contributed by atoms with Crippen LogP contribution in [0.4, 0.5) is 0 Å². The summed E-state index contributed by atoms with van der Waals surface area (Å²) in [4.78, 5) is 0. The van der Waals surface area contributed by atoms with E-state index in [2.05, 4.69) is 49.7 Å². The minimum absolute atomic E-state index is 0.900. The third-order valence-electron chi connectivity index (χ3n) is 2.81. The zero-order valence-electron chi connectivity index (χ0n) is 10.3. The Labute approximate surface area is 103 Å². The molecule has 0 amide bonds. The van der Waals surface area contributed by atoms with Crippen molar-refractivity contribution in [2.75, 3.05) is 7.11 Å². The van der Waals surface area contributed by atoms with Gasteiger partial charge in [-0.1, -0.05) is 42.0 Å². The molecule has 17 heavy (non-hydrogen) atoms. The Kier molecular flexibility index (Phi) is 3.81. The molecule has 0 unspecified atom stereocenters. The molecular weight excluding hydrogens is 208 g/mol. The van der Waals surface area contributed by atoms with Gasteiger partial charge in [0.15, 0.2) is 0 Å². The van der Waals surface area contributed by atoms with E-state index in [9.17, 15) is 0 Å². The maximum absolute atomic E-state index is 5.13. The van der Waals surface area contributed by atoms with Crippen LogP contribution in [0.1, 0.15) is 16.7 Å². The van der Waals surface area contributed by atoms with Crippen LogP contribution in [0.25, 0.3) is 0 Å². The lowest BCUT2D eigenvalue weighted by Crippen LogP contribution is -1.89. The smallest absolute Gasteiger partial charge is 0.118 e. The third kappa shape index (κ3) is 3.35. The summed E-state index contributed by atoms with van der Waals surface area (Å²) >= 11 is 0. The molecule has 0 N–H and O–H groups in total. The minimum Gasteiger partial charge on any atom is -0.497 e. The van der Waals surface area contributed by atoms with Crippen LogP contribution in [0.5, 0.6) is 5.75 Å². The molecule has 0 aliphatic carbocycles. The number of benzene rings is 2. The fourth-order valence-electron chi connectivity index (χ4n) is 1.70. The zero-order valence-corrected chi connectivity index (χ0v) is 10.3. The highest BCUT2D eigenvalue weighted by molar-refractivity contribution is 5.33. The first-order chi connectivity index (χ1) is 8.28. The molecule has 0 saturated heterocycles. The highest BCUT2D eigenvalue weighted by Gasteiger charge is 1.97. The number of rotatable bonds is 4. The van der Waals surface area contributed by atoms with Crippen molar-refractivity contribution in [1.82, 2.24) is 0 Å². The Bertz CT molecular complexity index is 454. The summed E-state index contributed by atoms with van der Waals surface area (Å²) in [6.45, 7) is 2.11. The van der Waals surface area contributed by atoms with Gasteiger partial charge in [0.2, 0.25) is 0 Å². The van der Waals surface area contributed by atoms with Gasteiger partial charge in [0.25, 0.3) is 0 Å². The number of hydrogen-bond acceptors (Lipinski definition) is 1. The first-order valence-corrected chi connectivity index (χ1v) is 5.81. The second-order valence-electron chi connectivity index (χ2n) is 4.17. The molecule has 0 fully saturated rings. The van der Waals surface area contributed by atoms with Gasteiger partial charge in [-0.25, -0.2) is 0 Å². The van der Waals surface area contributed by atoms with E-state index in [0.717, 1.165) is 12.2 Å². The van der Waals surface area contributed by atoms with E-state index in [-0.39, 0.29) is 0 Å². The molecule has 1 nitrogen and oxygen atoms in total. The van der Waals surface area contributed by atoms with Gasteiger partial charge in [-0.15, -0.1) is 0 Å². The van der Waals surface area contributed by atoms with E-state index < -0.39 is 0 Å². The summed E-state index contributed by atoms with van der Waals surface area (Å²) < 4.78 is 5.13.